The lowest BCUT2D eigenvalue weighted by Gasteiger charge is -2.34. The number of aromatic nitrogens is 2. The molecule has 0 atom stereocenters. The highest BCUT2D eigenvalue weighted by atomic mass is 35.5. The molecular formula is C17H18ClN5O4. The van der Waals surface area contributed by atoms with Crippen molar-refractivity contribution in [2.75, 3.05) is 26.2 Å². The molecular weight excluding hydrogens is 374 g/mol. The fraction of sp³-hybridized carbons (Fsp3) is 0.412. The molecule has 0 bridgehead atoms. The van der Waals surface area contributed by atoms with Gasteiger partial charge in [-0.15, -0.1) is 5.06 Å². The summed E-state index contributed by atoms with van der Waals surface area (Å²) in [4.78, 5) is 48.3. The van der Waals surface area contributed by atoms with Gasteiger partial charge >= 0.3 is 6.09 Å². The average molecular weight is 392 g/mol. The summed E-state index contributed by atoms with van der Waals surface area (Å²) >= 11 is 6.06. The van der Waals surface area contributed by atoms with Crippen LogP contribution in [-0.4, -0.2) is 68.3 Å². The smallest absolute Gasteiger partial charge is 0.311 e. The Bertz CT molecular complexity index is 890. The Morgan fingerprint density at radius 3 is 2.52 bits per heavy atom. The van der Waals surface area contributed by atoms with Crippen molar-refractivity contribution in [1.29, 1.82) is 0 Å². The fourth-order valence-corrected chi connectivity index (χ4v) is 3.39. The number of imidazole rings is 1. The number of hydrogen-bond acceptors (Lipinski definition) is 6. The number of carbonyl (C=O) groups is 3. The summed E-state index contributed by atoms with van der Waals surface area (Å²) in [7, 11) is 0. The van der Waals surface area contributed by atoms with Crippen molar-refractivity contribution >= 4 is 35.2 Å². The van der Waals surface area contributed by atoms with Gasteiger partial charge in [0.1, 0.15) is 5.65 Å². The topological polar surface area (TPSA) is 87.5 Å². The summed E-state index contributed by atoms with van der Waals surface area (Å²) in [5.41, 5.74) is 1.84. The predicted molar refractivity (Wildman–Crippen MR) is 94.6 cm³/mol. The number of nitrogens with zero attached hydrogens (tertiary/aromatic N) is 5. The Kier molecular flexibility index (Phi) is 4.71. The third-order valence-corrected chi connectivity index (χ3v) is 4.96. The number of amides is 3. The number of rotatable bonds is 3. The molecule has 9 nitrogen and oxygen atoms in total. The predicted octanol–water partition coefficient (Wildman–Crippen LogP) is 1.31. The van der Waals surface area contributed by atoms with Gasteiger partial charge in [0, 0.05) is 51.8 Å². The number of fused-ring (bicyclic) bond motifs is 1. The van der Waals surface area contributed by atoms with Crippen LogP contribution in [0.3, 0.4) is 0 Å². The quantitative estimate of drug-likeness (QED) is 0.733. The van der Waals surface area contributed by atoms with Crippen molar-refractivity contribution in [3.63, 3.8) is 0 Å². The number of hydrogen-bond donors (Lipinski definition) is 0. The summed E-state index contributed by atoms with van der Waals surface area (Å²) in [5.74, 6) is -0.948. The Labute approximate surface area is 160 Å². The third-order valence-electron chi connectivity index (χ3n) is 4.74. The molecule has 0 aromatic carbocycles. The normalized spacial score (nSPS) is 18.6. The zero-order valence-electron chi connectivity index (χ0n) is 14.5. The van der Waals surface area contributed by atoms with Crippen LogP contribution in [0, 0.1) is 0 Å². The molecule has 27 heavy (non-hydrogen) atoms. The van der Waals surface area contributed by atoms with Crippen molar-refractivity contribution < 1.29 is 19.2 Å². The molecule has 4 heterocycles. The average Bonchev–Trinajstić information content (AvgIpc) is 3.20. The van der Waals surface area contributed by atoms with E-state index in [2.05, 4.69) is 9.88 Å². The molecule has 10 heteroatoms. The number of hydroxylamine groups is 2. The molecule has 2 fully saturated rings. The van der Waals surface area contributed by atoms with E-state index in [0.29, 0.717) is 42.8 Å². The van der Waals surface area contributed by atoms with Gasteiger partial charge in [0.2, 0.25) is 0 Å². The molecule has 2 aromatic rings. The summed E-state index contributed by atoms with van der Waals surface area (Å²) in [6.45, 7) is 2.86. The lowest BCUT2D eigenvalue weighted by Crippen LogP contribution is -2.50. The molecule has 4 rings (SSSR count). The van der Waals surface area contributed by atoms with Crippen molar-refractivity contribution in [3.8, 4) is 0 Å². The Morgan fingerprint density at radius 2 is 1.81 bits per heavy atom. The molecule has 0 unspecified atom stereocenters. The molecule has 0 N–H and O–H groups in total. The van der Waals surface area contributed by atoms with Crippen molar-refractivity contribution in [3.05, 3.63) is 35.2 Å². The van der Waals surface area contributed by atoms with E-state index in [1.165, 1.54) is 4.90 Å². The van der Waals surface area contributed by atoms with E-state index in [4.69, 9.17) is 16.4 Å². The van der Waals surface area contributed by atoms with Gasteiger partial charge in [-0.1, -0.05) is 11.6 Å². The van der Waals surface area contributed by atoms with Gasteiger partial charge in [-0.05, 0) is 12.1 Å². The van der Waals surface area contributed by atoms with Gasteiger partial charge < -0.3 is 14.1 Å². The highest BCUT2D eigenvalue weighted by molar-refractivity contribution is 6.30. The van der Waals surface area contributed by atoms with E-state index in [-0.39, 0.29) is 12.8 Å². The van der Waals surface area contributed by atoms with Gasteiger partial charge in [-0.2, -0.15) is 0 Å². The van der Waals surface area contributed by atoms with Gasteiger partial charge in [0.25, 0.3) is 11.8 Å². The Hall–Kier alpha value is -2.65. The molecule has 3 amide bonds. The van der Waals surface area contributed by atoms with Crippen LogP contribution in [-0.2, 0) is 21.0 Å². The first-order valence-electron chi connectivity index (χ1n) is 8.68. The van der Waals surface area contributed by atoms with Gasteiger partial charge in [-0.3, -0.25) is 14.5 Å². The maximum atomic E-state index is 12.2. The second kappa shape index (κ2) is 7.16. The highest BCUT2D eigenvalue weighted by Gasteiger charge is 2.34. The van der Waals surface area contributed by atoms with Crippen LogP contribution in [0.1, 0.15) is 18.5 Å². The summed E-state index contributed by atoms with van der Waals surface area (Å²) in [5, 5.41) is 1.22. The molecule has 2 aliphatic rings. The van der Waals surface area contributed by atoms with Crippen LogP contribution < -0.4 is 0 Å². The molecule has 2 aliphatic heterocycles. The standard InChI is InChI=1S/C17H18ClN5O4/c18-12-1-2-14-19-9-13(22(14)10-12)11-20-5-7-21(8-6-20)17(26)27-23-15(24)3-4-16(23)25/h1-2,9-10H,3-8,11H2. The first kappa shape index (κ1) is 17.7. The molecule has 0 radical (unpaired) electrons. The van der Waals surface area contributed by atoms with E-state index in [0.717, 1.165) is 11.3 Å². The zero-order chi connectivity index (χ0) is 19.0. The van der Waals surface area contributed by atoms with Crippen LogP contribution in [0.15, 0.2) is 24.5 Å². The van der Waals surface area contributed by atoms with E-state index < -0.39 is 17.9 Å². The zero-order valence-corrected chi connectivity index (χ0v) is 15.3. The van der Waals surface area contributed by atoms with E-state index >= 15 is 0 Å². The Balaban J connectivity index is 1.33. The van der Waals surface area contributed by atoms with Crippen LogP contribution >= 0.6 is 11.6 Å². The molecule has 0 spiro atoms. The number of imide groups is 1. The van der Waals surface area contributed by atoms with Crippen molar-refractivity contribution in [1.82, 2.24) is 24.2 Å². The number of carbonyl (C=O) groups excluding carboxylic acids is 3. The van der Waals surface area contributed by atoms with Gasteiger partial charge in [-0.25, -0.2) is 9.78 Å². The first-order valence-corrected chi connectivity index (χ1v) is 9.05. The minimum atomic E-state index is -0.667. The monoisotopic (exact) mass is 391 g/mol. The molecule has 2 saturated heterocycles. The van der Waals surface area contributed by atoms with E-state index in [9.17, 15) is 14.4 Å². The summed E-state index contributed by atoms with van der Waals surface area (Å²) in [6, 6.07) is 3.66. The molecule has 0 aliphatic carbocycles. The minimum absolute atomic E-state index is 0.0865. The van der Waals surface area contributed by atoms with E-state index in [1.54, 1.807) is 6.07 Å². The van der Waals surface area contributed by atoms with Crippen LogP contribution in [0.2, 0.25) is 5.02 Å². The Morgan fingerprint density at radius 1 is 1.11 bits per heavy atom. The number of halogens is 1. The van der Waals surface area contributed by atoms with Crippen LogP contribution in [0.4, 0.5) is 4.79 Å². The summed E-state index contributed by atoms with van der Waals surface area (Å²) < 4.78 is 1.95. The van der Waals surface area contributed by atoms with Crippen molar-refractivity contribution in [2.45, 2.75) is 19.4 Å². The lowest BCUT2D eigenvalue weighted by atomic mass is 10.3. The first-order chi connectivity index (χ1) is 13.0. The SMILES string of the molecule is O=C(ON1C(=O)CCC1=O)N1CCN(Cc2cnc3ccc(Cl)cn23)CC1. The fourth-order valence-electron chi connectivity index (χ4n) is 3.23. The second-order valence-corrected chi connectivity index (χ2v) is 6.96. The van der Waals surface area contributed by atoms with E-state index in [1.807, 2.05) is 22.9 Å². The minimum Gasteiger partial charge on any atom is -0.311 e. The van der Waals surface area contributed by atoms with Crippen LogP contribution in [0.25, 0.3) is 5.65 Å². The summed E-state index contributed by atoms with van der Waals surface area (Å²) in [6.07, 6.45) is 3.15. The van der Waals surface area contributed by atoms with Gasteiger partial charge in [0.15, 0.2) is 0 Å². The highest BCUT2D eigenvalue weighted by Crippen LogP contribution is 2.17. The van der Waals surface area contributed by atoms with Crippen LogP contribution in [0.5, 0.6) is 0 Å². The largest absolute Gasteiger partial charge is 0.434 e. The lowest BCUT2D eigenvalue weighted by molar-refractivity contribution is -0.174. The number of piperazine rings is 1. The maximum absolute atomic E-state index is 12.2. The third kappa shape index (κ3) is 3.60. The molecule has 2 aromatic heterocycles. The van der Waals surface area contributed by atoms with Gasteiger partial charge in [0.05, 0.1) is 16.9 Å². The maximum Gasteiger partial charge on any atom is 0.434 e. The second-order valence-electron chi connectivity index (χ2n) is 6.53. The number of pyridine rings is 1. The molecule has 142 valence electrons. The van der Waals surface area contributed by atoms with Crippen molar-refractivity contribution in [2.24, 2.45) is 0 Å². The molecule has 0 saturated carbocycles.